The predicted molar refractivity (Wildman–Crippen MR) is 167 cm³/mol. The summed E-state index contributed by atoms with van der Waals surface area (Å²) in [5.74, 6) is -1.36. The highest BCUT2D eigenvalue weighted by atomic mass is 19.1. The SMILES string of the molecule is C[C@@H](N)[C@H]1O[C@H](O[C@@H]2[C@@H](N)[C@H](O)[C@@H](NC(=O)[C@@H](O)[C@H](F)CN)[C@H](O)[C@H]2O[C@@H]2O[C@H](CO)[C@@H](O[C@H]3O[C@@H](CN)[C@@H](O)[C@H](O)[C@H]3N)[C@H]2O)[C@H](N)C[C@@H]1O. The Hall–Kier alpha value is -1.40. The first-order chi connectivity index (χ1) is 24.0. The largest absolute Gasteiger partial charge is 0.394 e. The number of amides is 1. The Labute approximate surface area is 292 Å². The van der Waals surface area contributed by atoms with Crippen LogP contribution < -0.4 is 39.7 Å². The lowest BCUT2D eigenvalue weighted by Gasteiger charge is -2.49. The van der Waals surface area contributed by atoms with Crippen molar-refractivity contribution in [3.8, 4) is 0 Å². The van der Waals surface area contributed by atoms with Crippen molar-refractivity contribution in [2.75, 3.05) is 19.7 Å². The van der Waals surface area contributed by atoms with E-state index in [1.165, 1.54) is 0 Å². The molecule has 0 aromatic carbocycles. The maximum Gasteiger partial charge on any atom is 0.252 e. The van der Waals surface area contributed by atoms with E-state index in [1.807, 2.05) is 0 Å². The molecule has 4 rings (SSSR count). The van der Waals surface area contributed by atoms with Gasteiger partial charge in [-0.2, -0.15) is 0 Å². The maximum atomic E-state index is 14.0. The van der Waals surface area contributed by atoms with Gasteiger partial charge in [-0.05, 0) is 13.3 Å². The van der Waals surface area contributed by atoms with Crippen LogP contribution in [0.15, 0.2) is 0 Å². The molecular formula is C28H54FN7O15. The van der Waals surface area contributed by atoms with Gasteiger partial charge < -0.3 is 109 Å². The van der Waals surface area contributed by atoms with Crippen LogP contribution in [0, 0.1) is 0 Å². The molecule has 22 atom stereocenters. The van der Waals surface area contributed by atoms with Crippen molar-refractivity contribution in [2.24, 2.45) is 34.4 Å². The number of aliphatic hydroxyl groups excluding tert-OH is 8. The van der Waals surface area contributed by atoms with Crippen LogP contribution in [0.25, 0.3) is 0 Å². The van der Waals surface area contributed by atoms with Crippen LogP contribution in [0.2, 0.25) is 0 Å². The molecule has 0 aromatic heterocycles. The molecule has 1 amide bonds. The zero-order valence-electron chi connectivity index (χ0n) is 27.8. The van der Waals surface area contributed by atoms with Gasteiger partial charge in [0, 0.05) is 19.1 Å². The van der Waals surface area contributed by atoms with Gasteiger partial charge in [0.25, 0.3) is 5.91 Å². The molecular weight excluding hydrogens is 693 g/mol. The van der Waals surface area contributed by atoms with Crippen molar-refractivity contribution in [1.82, 2.24) is 5.32 Å². The fourth-order valence-corrected chi connectivity index (χ4v) is 6.64. The number of nitrogens with one attached hydrogen (secondary N) is 1. The number of carbonyl (C=O) groups excluding carboxylic acids is 1. The fraction of sp³-hybridized carbons (Fsp3) is 0.964. The summed E-state index contributed by atoms with van der Waals surface area (Å²) in [4.78, 5) is 12.7. The van der Waals surface area contributed by atoms with E-state index in [4.69, 9.17) is 62.8 Å². The highest BCUT2D eigenvalue weighted by Crippen LogP contribution is 2.35. The van der Waals surface area contributed by atoms with E-state index in [9.17, 15) is 50.0 Å². The smallest absolute Gasteiger partial charge is 0.252 e. The molecule has 51 heavy (non-hydrogen) atoms. The van der Waals surface area contributed by atoms with Crippen LogP contribution in [0.1, 0.15) is 13.3 Å². The number of hydrogen-bond acceptors (Lipinski definition) is 21. The second-order valence-electron chi connectivity index (χ2n) is 13.4. The summed E-state index contributed by atoms with van der Waals surface area (Å²) in [6.07, 6.45) is -27.0. The standard InChI is InChI=1S/C28H54FN7O15/c1-6(32)21-9(38)2-8(33)26(48-21)50-23-12(34)17(41)14(36-25(45)15(39)7(29)3-30)19(43)24(23)51-28-20(44)22(11(5-37)47-28)49-27-13(35)18(42)16(40)10(4-31)46-27/h6-24,26-28,37-44H,2-5,30-35H2,1H3,(H,36,45)/t6-,7-,8-,9+,10+,11-,12+,13-,14-,15+,16-,17+,18-,19+,20-,21-,22-,23-,24-,26-,27-,28+/m1/s1. The quantitative estimate of drug-likeness (QED) is 0.0831. The lowest BCUT2D eigenvalue weighted by atomic mass is 9.81. The highest BCUT2D eigenvalue weighted by Gasteiger charge is 2.56. The van der Waals surface area contributed by atoms with Crippen molar-refractivity contribution in [1.29, 1.82) is 0 Å². The van der Waals surface area contributed by atoms with Crippen molar-refractivity contribution in [3.05, 3.63) is 0 Å². The number of nitrogens with two attached hydrogens (primary N) is 6. The van der Waals surface area contributed by atoms with Crippen LogP contribution in [-0.4, -0.2) is 201 Å². The zero-order chi connectivity index (χ0) is 38.1. The molecule has 0 bridgehead atoms. The van der Waals surface area contributed by atoms with Gasteiger partial charge in [0.1, 0.15) is 67.2 Å². The van der Waals surface area contributed by atoms with Crippen LogP contribution in [0.5, 0.6) is 0 Å². The molecule has 21 N–H and O–H groups in total. The van der Waals surface area contributed by atoms with E-state index in [2.05, 4.69) is 5.32 Å². The summed E-state index contributed by atoms with van der Waals surface area (Å²) in [5.41, 5.74) is 35.3. The van der Waals surface area contributed by atoms with Gasteiger partial charge in [0.2, 0.25) is 0 Å². The van der Waals surface area contributed by atoms with Crippen molar-refractivity contribution in [3.63, 3.8) is 0 Å². The normalized spacial score (nSPS) is 48.2. The van der Waals surface area contributed by atoms with Gasteiger partial charge in [-0.15, -0.1) is 0 Å². The maximum absolute atomic E-state index is 14.0. The summed E-state index contributed by atoms with van der Waals surface area (Å²) in [5, 5.41) is 87.3. The van der Waals surface area contributed by atoms with E-state index in [-0.39, 0.29) is 13.0 Å². The summed E-state index contributed by atoms with van der Waals surface area (Å²) in [7, 11) is 0. The number of hydrogen-bond donors (Lipinski definition) is 15. The van der Waals surface area contributed by atoms with Crippen molar-refractivity contribution < 1.29 is 78.5 Å². The van der Waals surface area contributed by atoms with Crippen LogP contribution >= 0.6 is 0 Å². The fourth-order valence-electron chi connectivity index (χ4n) is 6.64. The van der Waals surface area contributed by atoms with Crippen LogP contribution in [0.3, 0.4) is 0 Å². The molecule has 4 fully saturated rings. The number of alkyl halides is 1. The Morgan fingerprint density at radius 1 is 0.824 bits per heavy atom. The van der Waals surface area contributed by atoms with Gasteiger partial charge in [0.15, 0.2) is 25.0 Å². The van der Waals surface area contributed by atoms with E-state index >= 15 is 0 Å². The third-order valence-electron chi connectivity index (χ3n) is 9.69. The summed E-state index contributed by atoms with van der Waals surface area (Å²) < 4.78 is 49.0. The summed E-state index contributed by atoms with van der Waals surface area (Å²) in [6.45, 7) is -0.156. The predicted octanol–water partition coefficient (Wildman–Crippen LogP) is -9.69. The van der Waals surface area contributed by atoms with Crippen LogP contribution in [0.4, 0.5) is 4.39 Å². The van der Waals surface area contributed by atoms with E-state index in [0.29, 0.717) is 0 Å². The molecule has 22 nitrogen and oxygen atoms in total. The number of rotatable bonds is 13. The molecule has 4 aliphatic rings. The lowest BCUT2D eigenvalue weighted by Crippen LogP contribution is -2.73. The number of halogens is 1. The molecule has 3 aliphatic heterocycles. The third-order valence-corrected chi connectivity index (χ3v) is 9.69. The average molecular weight is 748 g/mol. The van der Waals surface area contributed by atoms with Crippen molar-refractivity contribution in [2.45, 2.75) is 148 Å². The molecule has 0 radical (unpaired) electrons. The van der Waals surface area contributed by atoms with Gasteiger partial charge in [-0.25, -0.2) is 4.39 Å². The van der Waals surface area contributed by atoms with E-state index in [1.54, 1.807) is 6.92 Å². The Balaban J connectivity index is 1.60. The molecule has 0 aromatic rings. The second kappa shape index (κ2) is 17.8. The third kappa shape index (κ3) is 8.95. The van der Waals surface area contributed by atoms with E-state index < -0.39 is 154 Å². The first-order valence-electron chi connectivity index (χ1n) is 16.6. The van der Waals surface area contributed by atoms with Gasteiger partial charge in [-0.1, -0.05) is 0 Å². The van der Waals surface area contributed by atoms with Crippen molar-refractivity contribution >= 4 is 5.91 Å². The molecule has 0 unspecified atom stereocenters. The Morgan fingerprint density at radius 2 is 1.43 bits per heavy atom. The minimum Gasteiger partial charge on any atom is -0.394 e. The molecule has 1 saturated carbocycles. The second-order valence-corrected chi connectivity index (χ2v) is 13.4. The van der Waals surface area contributed by atoms with E-state index in [0.717, 1.165) is 0 Å². The molecule has 23 heteroatoms. The molecule has 1 aliphatic carbocycles. The zero-order valence-corrected chi connectivity index (χ0v) is 27.8. The van der Waals surface area contributed by atoms with Crippen LogP contribution in [-0.2, 0) is 33.2 Å². The first-order valence-corrected chi connectivity index (χ1v) is 16.6. The molecule has 0 spiro atoms. The monoisotopic (exact) mass is 747 g/mol. The first kappa shape index (κ1) is 42.3. The lowest BCUT2D eigenvalue weighted by molar-refractivity contribution is -0.305. The number of carbonyl (C=O) groups is 1. The molecule has 3 heterocycles. The Bertz CT molecular complexity index is 1130. The Morgan fingerprint density at radius 3 is 2.02 bits per heavy atom. The minimum absolute atomic E-state index is 0.0403. The number of aliphatic hydroxyl groups is 8. The Kier molecular flexibility index (Phi) is 14.8. The summed E-state index contributed by atoms with van der Waals surface area (Å²) in [6, 6.07) is -6.32. The highest BCUT2D eigenvalue weighted by molar-refractivity contribution is 5.81. The van der Waals surface area contributed by atoms with Gasteiger partial charge in [-0.3, -0.25) is 4.79 Å². The topological polar surface area (TPSA) is 402 Å². The molecule has 3 saturated heterocycles. The average Bonchev–Trinajstić information content (AvgIpc) is 3.39. The minimum atomic E-state index is -2.29. The van der Waals surface area contributed by atoms with Gasteiger partial charge >= 0.3 is 0 Å². The molecule has 298 valence electrons. The summed E-state index contributed by atoms with van der Waals surface area (Å²) >= 11 is 0. The van der Waals surface area contributed by atoms with Gasteiger partial charge in [0.05, 0.1) is 43.0 Å². The number of ether oxygens (including phenoxy) is 6.